The van der Waals surface area contributed by atoms with Crippen LogP contribution in [-0.2, 0) is 0 Å². The third-order valence-corrected chi connectivity index (χ3v) is 18.9. The van der Waals surface area contributed by atoms with Gasteiger partial charge in [0, 0.05) is 49.8 Å². The Balaban J connectivity index is 0.657. The first-order chi connectivity index (χ1) is 49.0. The Hall–Kier alpha value is -13.4. The second-order valence-corrected chi connectivity index (χ2v) is 24.9. The van der Waals surface area contributed by atoms with E-state index in [0.717, 1.165) is 117 Å². The van der Waals surface area contributed by atoms with Crippen molar-refractivity contribution in [2.24, 2.45) is 0 Å². The largest absolute Gasteiger partial charge is 0.309 e. The van der Waals surface area contributed by atoms with Gasteiger partial charge in [-0.3, -0.25) is 0 Å². The van der Waals surface area contributed by atoms with E-state index in [1.807, 2.05) is 121 Å². The van der Waals surface area contributed by atoms with Crippen molar-refractivity contribution >= 4 is 43.4 Å². The van der Waals surface area contributed by atoms with E-state index in [-0.39, 0.29) is 0 Å². The van der Waals surface area contributed by atoms with E-state index in [0.29, 0.717) is 34.9 Å². The van der Waals surface area contributed by atoms with Gasteiger partial charge in [0.15, 0.2) is 34.9 Å². The summed E-state index contributed by atoms with van der Waals surface area (Å²) in [6.07, 6.45) is 0. The molecule has 0 atom stereocenters. The monoisotopic (exact) mass is 1260 g/mol. The van der Waals surface area contributed by atoms with Crippen molar-refractivity contribution in [2.45, 2.75) is 0 Å². The van der Waals surface area contributed by atoms with E-state index in [2.05, 4.69) is 241 Å². The molecule has 0 aliphatic rings. The first kappa shape index (κ1) is 58.2. The number of aromatic nitrogens is 7. The lowest BCUT2D eigenvalue weighted by atomic mass is 9.88. The zero-order valence-electron chi connectivity index (χ0n) is 53.7. The molecule has 3 aromatic heterocycles. The van der Waals surface area contributed by atoms with Crippen LogP contribution in [-0.4, -0.2) is 34.5 Å². The van der Waals surface area contributed by atoms with Gasteiger partial charge in [-0.1, -0.05) is 309 Å². The molecule has 0 unspecified atom stereocenters. The Bertz CT molecular complexity index is 5960. The molecule has 0 fully saturated rings. The number of benzene rings is 15. The average Bonchev–Trinajstić information content (AvgIpc) is 1.70. The highest BCUT2D eigenvalue weighted by atomic mass is 15.0. The predicted octanol–water partition coefficient (Wildman–Crippen LogP) is 23.5. The fraction of sp³-hybridized carbons (Fsp3) is 0. The van der Waals surface area contributed by atoms with E-state index in [1.165, 1.54) is 32.3 Å². The van der Waals surface area contributed by atoms with Crippen LogP contribution in [0, 0.1) is 0 Å². The van der Waals surface area contributed by atoms with Crippen molar-refractivity contribution in [3.8, 4) is 141 Å². The van der Waals surface area contributed by atoms with Crippen LogP contribution in [0.25, 0.3) is 184 Å². The standard InChI is InChI=1S/C92H59N7/c1-5-24-65(25-6-1)87-93-88(66-26-7-2-8-27-66)96-91(95-87)74-36-20-34-72(57-74)85-77-38-15-13-22-61(77)48-53-79(85)63-44-42-60(43-45-63)69-32-19-33-70(56-69)71-50-55-84-82(59-71)81-40-17-18-41-83(81)99(84)76-51-46-64(47-52-76)80-54-49-62-23-14-16-39-78(62)86(80)73-35-21-37-75(58-73)92-97-89(67-28-9-3-10-29-67)94-90(98-92)68-30-11-4-12-31-68/h1-59H. The van der Waals surface area contributed by atoms with E-state index in [9.17, 15) is 0 Å². The number of hydrogen-bond acceptors (Lipinski definition) is 6. The highest BCUT2D eigenvalue weighted by Crippen LogP contribution is 2.44. The highest BCUT2D eigenvalue weighted by molar-refractivity contribution is 6.11. The molecule has 15 aromatic carbocycles. The maximum atomic E-state index is 5.11. The summed E-state index contributed by atoms with van der Waals surface area (Å²) in [5, 5.41) is 7.08. The molecule has 7 heteroatoms. The molecule has 462 valence electrons. The van der Waals surface area contributed by atoms with Gasteiger partial charge in [0.25, 0.3) is 0 Å². The predicted molar refractivity (Wildman–Crippen MR) is 408 cm³/mol. The average molecular weight is 1260 g/mol. The summed E-state index contributed by atoms with van der Waals surface area (Å²) in [7, 11) is 0. The lowest BCUT2D eigenvalue weighted by Crippen LogP contribution is -2.00. The molecule has 18 aromatic rings. The second-order valence-electron chi connectivity index (χ2n) is 24.9. The van der Waals surface area contributed by atoms with Gasteiger partial charge in [0.2, 0.25) is 0 Å². The molecule has 3 heterocycles. The summed E-state index contributed by atoms with van der Waals surface area (Å²) in [6, 6.07) is 127. The summed E-state index contributed by atoms with van der Waals surface area (Å²) < 4.78 is 2.40. The molecule has 7 nitrogen and oxygen atoms in total. The van der Waals surface area contributed by atoms with Gasteiger partial charge < -0.3 is 4.57 Å². The zero-order chi connectivity index (χ0) is 65.6. The Morgan fingerprint density at radius 2 is 0.485 bits per heavy atom. The lowest BCUT2D eigenvalue weighted by molar-refractivity contribution is 1.07. The molecular formula is C92H59N7. The third kappa shape index (κ3) is 11.1. The number of rotatable bonds is 13. The summed E-state index contributed by atoms with van der Waals surface area (Å²) in [4.78, 5) is 30.4. The number of hydrogen-bond donors (Lipinski definition) is 0. The first-order valence-corrected chi connectivity index (χ1v) is 33.4. The van der Waals surface area contributed by atoms with Gasteiger partial charge in [-0.15, -0.1) is 0 Å². The molecule has 0 bridgehead atoms. The summed E-state index contributed by atoms with van der Waals surface area (Å²) in [6.45, 7) is 0. The number of nitrogens with zero attached hydrogens (tertiary/aromatic N) is 7. The molecule has 0 N–H and O–H groups in total. The molecule has 18 rings (SSSR count). The van der Waals surface area contributed by atoms with Gasteiger partial charge in [-0.05, 0) is 137 Å². The Morgan fingerprint density at radius 1 is 0.172 bits per heavy atom. The van der Waals surface area contributed by atoms with Crippen molar-refractivity contribution in [2.75, 3.05) is 0 Å². The van der Waals surface area contributed by atoms with Crippen molar-refractivity contribution in [1.29, 1.82) is 0 Å². The van der Waals surface area contributed by atoms with Crippen molar-refractivity contribution in [3.05, 3.63) is 358 Å². The maximum Gasteiger partial charge on any atom is 0.164 e. The van der Waals surface area contributed by atoms with Crippen LogP contribution in [0.3, 0.4) is 0 Å². The number of para-hydroxylation sites is 1. The normalized spacial score (nSPS) is 11.4. The van der Waals surface area contributed by atoms with Crippen molar-refractivity contribution in [3.63, 3.8) is 0 Å². The van der Waals surface area contributed by atoms with Gasteiger partial charge in [0.05, 0.1) is 11.0 Å². The lowest BCUT2D eigenvalue weighted by Gasteiger charge is -2.16. The Kier molecular flexibility index (Phi) is 14.8. The molecule has 0 aliphatic carbocycles. The van der Waals surface area contributed by atoms with Crippen LogP contribution in [0.1, 0.15) is 0 Å². The minimum atomic E-state index is 0.618. The summed E-state index contributed by atoms with van der Waals surface area (Å²) in [5.41, 5.74) is 22.5. The van der Waals surface area contributed by atoms with Gasteiger partial charge >= 0.3 is 0 Å². The van der Waals surface area contributed by atoms with Gasteiger partial charge in [-0.25, -0.2) is 29.9 Å². The van der Waals surface area contributed by atoms with E-state index >= 15 is 0 Å². The molecule has 0 saturated carbocycles. The van der Waals surface area contributed by atoms with Crippen LogP contribution >= 0.6 is 0 Å². The van der Waals surface area contributed by atoms with Gasteiger partial charge in [0.1, 0.15) is 0 Å². The zero-order valence-corrected chi connectivity index (χ0v) is 53.7. The highest BCUT2D eigenvalue weighted by Gasteiger charge is 2.21. The number of fused-ring (bicyclic) bond motifs is 5. The van der Waals surface area contributed by atoms with Gasteiger partial charge in [-0.2, -0.15) is 0 Å². The molecule has 0 aliphatic heterocycles. The Morgan fingerprint density at radius 3 is 0.949 bits per heavy atom. The SMILES string of the molecule is c1ccc(-c2nc(-c3ccccc3)nc(-c3cccc(-c4c(-c5ccc(-c6cccc(-c7ccc8c(c7)c7ccccc7n8-c7ccc(-c8ccc9ccccc9c8-c8cccc(-c9nc(-c%10ccccc%10)nc(-c%10ccccc%10)n9)c8)cc7)c6)cc5)ccc5ccccc45)c3)n2)cc1. The molecule has 0 saturated heterocycles. The topological polar surface area (TPSA) is 82.3 Å². The van der Waals surface area contributed by atoms with Crippen molar-refractivity contribution < 1.29 is 0 Å². The maximum absolute atomic E-state index is 5.11. The molecule has 0 radical (unpaired) electrons. The van der Waals surface area contributed by atoms with E-state index < -0.39 is 0 Å². The second kappa shape index (κ2) is 25.1. The smallest absolute Gasteiger partial charge is 0.164 e. The minimum absolute atomic E-state index is 0.618. The molecular weight excluding hydrogens is 1200 g/mol. The van der Waals surface area contributed by atoms with Crippen LogP contribution in [0.4, 0.5) is 0 Å². The van der Waals surface area contributed by atoms with Crippen LogP contribution < -0.4 is 0 Å². The van der Waals surface area contributed by atoms with Crippen LogP contribution in [0.15, 0.2) is 358 Å². The summed E-state index contributed by atoms with van der Waals surface area (Å²) in [5.74, 6) is 3.77. The first-order valence-electron chi connectivity index (χ1n) is 33.4. The molecule has 0 amide bonds. The van der Waals surface area contributed by atoms with E-state index in [1.54, 1.807) is 0 Å². The fourth-order valence-corrected chi connectivity index (χ4v) is 14.1. The fourth-order valence-electron chi connectivity index (χ4n) is 14.1. The van der Waals surface area contributed by atoms with Crippen LogP contribution in [0.5, 0.6) is 0 Å². The van der Waals surface area contributed by atoms with E-state index in [4.69, 9.17) is 29.9 Å². The summed E-state index contributed by atoms with van der Waals surface area (Å²) >= 11 is 0. The third-order valence-electron chi connectivity index (χ3n) is 18.9. The van der Waals surface area contributed by atoms with Crippen LogP contribution in [0.2, 0.25) is 0 Å². The Labute approximate surface area is 573 Å². The van der Waals surface area contributed by atoms with Crippen molar-refractivity contribution in [1.82, 2.24) is 34.5 Å². The quantitative estimate of drug-likeness (QED) is 0.114. The molecule has 99 heavy (non-hydrogen) atoms. The minimum Gasteiger partial charge on any atom is -0.309 e. The molecule has 0 spiro atoms.